The number of carbonyl (C=O) groups is 11. The molecule has 0 unspecified atom stereocenters. The third-order valence-electron chi connectivity index (χ3n) is 17.4. The van der Waals surface area contributed by atoms with Crippen LogP contribution < -0.4 is 21.3 Å². The molecular formula is C64H105ClF3N11O11. The topological polar surface area (TPSA) is 259 Å². The van der Waals surface area contributed by atoms with Crippen LogP contribution in [-0.2, 0) is 65.3 Å². The Morgan fingerprint density at radius 3 is 1.63 bits per heavy atom. The number of aryl methyl sites for hydroxylation is 1. The molecule has 0 bridgehead atoms. The zero-order valence-corrected chi connectivity index (χ0v) is 57.4. The lowest BCUT2D eigenvalue weighted by atomic mass is 9.84. The smallest absolute Gasteiger partial charge is 0.344 e. The maximum atomic E-state index is 14.8. The molecule has 90 heavy (non-hydrogen) atoms. The fraction of sp³-hybridized carbons (Fsp3) is 0.734. The lowest BCUT2D eigenvalue weighted by molar-refractivity contribution is -0.150. The lowest BCUT2D eigenvalue weighted by Crippen LogP contribution is -2.58. The minimum absolute atomic E-state index is 0.0222. The van der Waals surface area contributed by atoms with E-state index < -0.39 is 131 Å². The molecule has 1 aromatic carbocycles. The molecule has 4 N–H and O–H groups in total. The number of benzene rings is 1. The molecule has 0 heterocycles. The van der Waals surface area contributed by atoms with Gasteiger partial charge in [-0.25, -0.2) is 0 Å². The average molecular weight is 1300 g/mol. The number of halogens is 4. The van der Waals surface area contributed by atoms with Gasteiger partial charge in [0.25, 0.3) is 0 Å². The molecule has 26 heteroatoms. The summed E-state index contributed by atoms with van der Waals surface area (Å²) in [6, 6.07) is -5.08. The second kappa shape index (κ2) is 37.1. The largest absolute Gasteiger partial charge is 0.417 e. The van der Waals surface area contributed by atoms with Crippen molar-refractivity contribution >= 4 is 76.6 Å². The summed E-state index contributed by atoms with van der Waals surface area (Å²) in [6.45, 7) is 18.6. The van der Waals surface area contributed by atoms with E-state index in [1.165, 1.54) is 79.7 Å². The normalized spacial score (nSPS) is 15.7. The maximum absolute atomic E-state index is 14.8. The highest BCUT2D eigenvalue weighted by Gasteiger charge is 2.39. The van der Waals surface area contributed by atoms with Crippen molar-refractivity contribution in [1.29, 1.82) is 0 Å². The molecule has 0 radical (unpaired) electrons. The van der Waals surface area contributed by atoms with Gasteiger partial charge in [0.15, 0.2) is 0 Å². The lowest BCUT2D eigenvalue weighted by Gasteiger charge is -2.36. The Hall–Kier alpha value is -6.53. The van der Waals surface area contributed by atoms with E-state index in [-0.39, 0.29) is 74.0 Å². The van der Waals surface area contributed by atoms with E-state index in [9.17, 15) is 65.9 Å². The number of likely N-dealkylation sites (N-methyl/N-ethyl adjacent to an activating group) is 7. The van der Waals surface area contributed by atoms with Crippen LogP contribution in [0, 0.1) is 23.7 Å². The Kier molecular flexibility index (Phi) is 32.8. The molecule has 1 saturated carbocycles. The van der Waals surface area contributed by atoms with Crippen LogP contribution in [0.3, 0.4) is 0 Å². The van der Waals surface area contributed by atoms with E-state index in [0.29, 0.717) is 24.9 Å². The van der Waals surface area contributed by atoms with Gasteiger partial charge in [-0.15, -0.1) is 0 Å². The molecule has 1 aliphatic rings. The maximum Gasteiger partial charge on any atom is 0.417 e. The second-order valence-electron chi connectivity index (χ2n) is 25.4. The molecule has 0 aromatic heterocycles. The first-order chi connectivity index (χ1) is 41.8. The van der Waals surface area contributed by atoms with Crippen LogP contribution in [0.2, 0.25) is 5.02 Å². The van der Waals surface area contributed by atoms with Crippen molar-refractivity contribution in [3.63, 3.8) is 0 Å². The first-order valence-corrected chi connectivity index (χ1v) is 32.1. The van der Waals surface area contributed by atoms with Crippen LogP contribution in [0.4, 0.5) is 13.2 Å². The molecule has 11 amide bonds. The number of hydrogen-bond acceptors (Lipinski definition) is 11. The molecule has 1 aliphatic carbocycles. The van der Waals surface area contributed by atoms with Crippen LogP contribution in [0.25, 0.3) is 0 Å². The molecule has 0 saturated heterocycles. The van der Waals surface area contributed by atoms with Gasteiger partial charge >= 0.3 is 6.18 Å². The molecular weight excluding hydrogens is 1190 g/mol. The number of hydrogen-bond donors (Lipinski definition) is 4. The number of nitrogens with zero attached hydrogens (tertiary/aromatic N) is 7. The first kappa shape index (κ1) is 79.6. The van der Waals surface area contributed by atoms with E-state index in [0.717, 1.165) is 54.0 Å². The van der Waals surface area contributed by atoms with Crippen molar-refractivity contribution in [3.05, 3.63) is 34.3 Å². The van der Waals surface area contributed by atoms with Gasteiger partial charge < -0.3 is 55.6 Å². The quantitative estimate of drug-likeness (QED) is 0.0632. The summed E-state index contributed by atoms with van der Waals surface area (Å²) in [6.07, 6.45) is 0.902. The molecule has 1 fully saturated rings. The molecule has 9 atom stereocenters. The zero-order valence-electron chi connectivity index (χ0n) is 56.6. The summed E-state index contributed by atoms with van der Waals surface area (Å²) in [5, 5.41) is 10.5. The summed E-state index contributed by atoms with van der Waals surface area (Å²) < 4.78 is 40.7. The highest BCUT2D eigenvalue weighted by Crippen LogP contribution is 2.35. The highest BCUT2D eigenvalue weighted by molar-refractivity contribution is 6.31. The zero-order chi connectivity index (χ0) is 68.8. The van der Waals surface area contributed by atoms with Crippen LogP contribution in [0.1, 0.15) is 164 Å². The molecule has 0 spiro atoms. The van der Waals surface area contributed by atoms with Gasteiger partial charge in [0, 0.05) is 74.8 Å². The van der Waals surface area contributed by atoms with Crippen LogP contribution in [0.5, 0.6) is 0 Å². The fourth-order valence-electron chi connectivity index (χ4n) is 10.5. The van der Waals surface area contributed by atoms with Crippen LogP contribution in [0.15, 0.2) is 18.2 Å². The van der Waals surface area contributed by atoms with Crippen molar-refractivity contribution in [2.24, 2.45) is 23.7 Å². The summed E-state index contributed by atoms with van der Waals surface area (Å²) in [5.74, 6) is -6.41. The monoisotopic (exact) mass is 1300 g/mol. The summed E-state index contributed by atoms with van der Waals surface area (Å²) in [5.41, 5.74) is -0.703. The Balaban J connectivity index is 2.32. The SMILES string of the molecule is CCC(=O)N[C@@H](CC(C)C)C(=O)N(C)[C@H](C)CC(=O)N(C)[C@@H](C)C(=O)N[C@H](C(=O)N(C)CC(=O)N(C)CC(=O)N(C)[C@@H](CC1CCCCC1)C(=O)N(C)[C@H](C)C(=O)N[C@@H](CCc1ccc(C(F)(F)F)c(Cl)c1)C(=O)N[C@@H](CC(C)C)C(=O)N(C)CC)[C@@H](C)CC. The number of rotatable bonds is 34. The van der Waals surface area contributed by atoms with Crippen molar-refractivity contribution in [2.75, 3.05) is 69.0 Å². The van der Waals surface area contributed by atoms with Gasteiger partial charge in [-0.2, -0.15) is 13.2 Å². The standard InChI is InChI=1S/C64H105ClF3N11O11/c1-19-40(8)56(72-58(85)42(10)77(16)53(81)33-41(9)76(15)61(88)50(32-39(6)7)69-52(80)20-2)63(90)75(14)36-54(82)74(13)37-55(83)79(18)51(35-44-25-23-22-24-26-44)62(89)78(17)43(11)57(84)70-48(30-28-45-27-29-46(47(65)34-45)64(66,67)68)59(86)71-49(31-38(4)5)60(87)73(12)21-3/h27,29,34,38-44,48-51,56H,19-26,28,30-33,35-37H2,1-18H3,(H,69,80)(H,70,84)(H,71,86)(H,72,85)/t40-,41+,42-,43+,48-,49-,50-,51-,56-/m0/s1. The first-order valence-electron chi connectivity index (χ1n) is 31.7. The Morgan fingerprint density at radius 1 is 0.578 bits per heavy atom. The summed E-state index contributed by atoms with van der Waals surface area (Å²) in [4.78, 5) is 161. The minimum atomic E-state index is -4.71. The van der Waals surface area contributed by atoms with Gasteiger partial charge in [-0.05, 0) is 101 Å². The Bertz CT molecular complexity index is 2620. The number of amides is 11. The van der Waals surface area contributed by atoms with Gasteiger partial charge in [-0.3, -0.25) is 52.7 Å². The highest BCUT2D eigenvalue weighted by atomic mass is 35.5. The van der Waals surface area contributed by atoms with E-state index in [2.05, 4.69) is 21.3 Å². The van der Waals surface area contributed by atoms with Gasteiger partial charge in [0.1, 0.15) is 42.3 Å². The van der Waals surface area contributed by atoms with Crippen LogP contribution >= 0.6 is 11.6 Å². The molecule has 2 rings (SSSR count). The predicted octanol–water partition coefficient (Wildman–Crippen LogP) is 5.90. The number of carbonyl (C=O) groups excluding carboxylic acids is 11. The number of nitrogens with one attached hydrogen (secondary N) is 4. The second-order valence-corrected chi connectivity index (χ2v) is 25.8. The minimum Gasteiger partial charge on any atom is -0.344 e. The average Bonchev–Trinajstić information content (AvgIpc) is 3.24. The third kappa shape index (κ3) is 24.3. The fourth-order valence-corrected chi connectivity index (χ4v) is 10.8. The predicted molar refractivity (Wildman–Crippen MR) is 339 cm³/mol. The van der Waals surface area contributed by atoms with E-state index >= 15 is 0 Å². The third-order valence-corrected chi connectivity index (χ3v) is 17.7. The van der Waals surface area contributed by atoms with Crippen molar-refractivity contribution in [3.8, 4) is 0 Å². The van der Waals surface area contributed by atoms with Crippen molar-refractivity contribution in [2.45, 2.75) is 214 Å². The Labute approximate surface area is 537 Å². The van der Waals surface area contributed by atoms with Gasteiger partial charge in [-0.1, -0.05) is 105 Å². The van der Waals surface area contributed by atoms with E-state index in [4.69, 9.17) is 11.6 Å². The van der Waals surface area contributed by atoms with Crippen molar-refractivity contribution < 1.29 is 65.9 Å². The van der Waals surface area contributed by atoms with Crippen LogP contribution in [-0.4, -0.2) is 217 Å². The number of alkyl halides is 3. The molecule has 22 nitrogen and oxygen atoms in total. The molecule has 1 aromatic rings. The summed E-state index contributed by atoms with van der Waals surface area (Å²) >= 11 is 6.03. The summed E-state index contributed by atoms with van der Waals surface area (Å²) in [7, 11) is 10.2. The van der Waals surface area contributed by atoms with Gasteiger partial charge in [0.2, 0.25) is 65.0 Å². The van der Waals surface area contributed by atoms with Crippen molar-refractivity contribution in [1.82, 2.24) is 55.6 Å². The van der Waals surface area contributed by atoms with E-state index in [1.54, 1.807) is 41.8 Å². The molecule has 510 valence electrons. The molecule has 0 aliphatic heterocycles. The Morgan fingerprint density at radius 2 is 1.11 bits per heavy atom. The van der Waals surface area contributed by atoms with E-state index in [1.807, 2.05) is 34.6 Å². The van der Waals surface area contributed by atoms with Gasteiger partial charge in [0.05, 0.1) is 23.7 Å².